The molecule has 0 spiro atoms. The number of H-pyrrole nitrogens is 1. The smallest absolute Gasteiger partial charge is 0.144 e. The van der Waals surface area contributed by atoms with Crippen molar-refractivity contribution in [2.45, 2.75) is 0 Å². The first-order chi connectivity index (χ1) is 9.79. The second-order valence-corrected chi connectivity index (χ2v) is 4.30. The fourth-order valence-corrected chi connectivity index (χ4v) is 2.07. The molecule has 0 aliphatic heterocycles. The molecule has 2 heterocycles. The number of nitrogen functional groups attached to an aromatic ring is 1. The number of nitrogens with two attached hydrogens (primary N) is 1. The quantitative estimate of drug-likeness (QED) is 0.693. The van der Waals surface area contributed by atoms with Gasteiger partial charge in [0, 0.05) is 29.2 Å². The Morgan fingerprint density at radius 3 is 2.55 bits per heavy atom. The molecule has 3 rings (SSSR count). The minimum Gasteiger partial charge on any atom is -0.399 e. The third-order valence-electron chi connectivity index (χ3n) is 3.01. The maximum Gasteiger partial charge on any atom is 0.144 e. The van der Waals surface area contributed by atoms with Gasteiger partial charge in [0.1, 0.15) is 17.5 Å². The first-order valence-corrected chi connectivity index (χ1v) is 6.04. The normalized spacial score (nSPS) is 10.2. The van der Waals surface area contributed by atoms with E-state index in [9.17, 15) is 5.26 Å². The summed E-state index contributed by atoms with van der Waals surface area (Å²) in [7, 11) is 0. The number of nitriles is 1. The van der Waals surface area contributed by atoms with Gasteiger partial charge in [0.25, 0.3) is 0 Å². The molecule has 0 saturated carbocycles. The van der Waals surface area contributed by atoms with E-state index in [1.807, 2.05) is 24.3 Å². The highest BCUT2D eigenvalue weighted by Gasteiger charge is 2.16. The summed E-state index contributed by atoms with van der Waals surface area (Å²) in [5.41, 5.74) is 10.0. The van der Waals surface area contributed by atoms with Crippen LogP contribution in [0, 0.1) is 11.3 Å². The van der Waals surface area contributed by atoms with Crippen LogP contribution < -0.4 is 5.73 Å². The summed E-state index contributed by atoms with van der Waals surface area (Å²) in [5.74, 6) is 0. The van der Waals surface area contributed by atoms with Gasteiger partial charge in [0.2, 0.25) is 0 Å². The predicted octanol–water partition coefficient (Wildman–Crippen LogP) is 2.59. The van der Waals surface area contributed by atoms with E-state index in [-0.39, 0.29) is 0 Å². The fraction of sp³-hybridized carbons (Fsp3) is 0. The molecule has 0 atom stereocenters. The summed E-state index contributed by atoms with van der Waals surface area (Å²) in [6.45, 7) is 0. The summed E-state index contributed by atoms with van der Waals surface area (Å²) in [6.07, 6.45) is 3.42. The molecule has 0 aliphatic carbocycles. The lowest BCUT2D eigenvalue weighted by atomic mass is 10.00. The molecule has 3 N–H and O–H groups in total. The van der Waals surface area contributed by atoms with Gasteiger partial charge >= 0.3 is 0 Å². The SMILES string of the molecule is N#Cc1[nH]nc(-c2cccnc2)c1-c1ccc(N)cc1. The lowest BCUT2D eigenvalue weighted by Gasteiger charge is -2.04. The number of hydrogen-bond acceptors (Lipinski definition) is 4. The molecule has 3 aromatic rings. The first-order valence-electron chi connectivity index (χ1n) is 6.04. The van der Waals surface area contributed by atoms with Crippen molar-refractivity contribution in [3.05, 3.63) is 54.5 Å². The monoisotopic (exact) mass is 261 g/mol. The van der Waals surface area contributed by atoms with Crippen LogP contribution in [0.2, 0.25) is 0 Å². The number of aromatic amines is 1. The zero-order valence-corrected chi connectivity index (χ0v) is 10.5. The molecule has 0 fully saturated rings. The Morgan fingerprint density at radius 1 is 1.10 bits per heavy atom. The second-order valence-electron chi connectivity index (χ2n) is 4.30. The molecular weight excluding hydrogens is 250 g/mol. The van der Waals surface area contributed by atoms with Gasteiger partial charge in [-0.1, -0.05) is 12.1 Å². The van der Waals surface area contributed by atoms with E-state index in [2.05, 4.69) is 21.3 Å². The zero-order valence-electron chi connectivity index (χ0n) is 10.5. The molecule has 0 aliphatic rings. The highest BCUT2D eigenvalue weighted by atomic mass is 15.1. The van der Waals surface area contributed by atoms with E-state index in [0.29, 0.717) is 17.1 Å². The van der Waals surface area contributed by atoms with Gasteiger partial charge in [-0.25, -0.2) is 0 Å². The van der Waals surface area contributed by atoms with Crippen molar-refractivity contribution in [2.75, 3.05) is 5.73 Å². The third kappa shape index (κ3) is 1.99. The molecule has 0 saturated heterocycles. The Labute approximate surface area is 115 Å². The van der Waals surface area contributed by atoms with Gasteiger partial charge in [0.15, 0.2) is 0 Å². The predicted molar refractivity (Wildman–Crippen MR) is 76.4 cm³/mol. The summed E-state index contributed by atoms with van der Waals surface area (Å²) < 4.78 is 0. The summed E-state index contributed by atoms with van der Waals surface area (Å²) in [5, 5.41) is 16.2. The minimum atomic E-state index is 0.425. The van der Waals surface area contributed by atoms with Gasteiger partial charge < -0.3 is 5.73 Å². The maximum absolute atomic E-state index is 9.23. The third-order valence-corrected chi connectivity index (χ3v) is 3.01. The molecule has 0 bridgehead atoms. The number of nitrogens with zero attached hydrogens (tertiary/aromatic N) is 3. The number of aromatic nitrogens is 3. The van der Waals surface area contributed by atoms with Crippen LogP contribution in [0.15, 0.2) is 48.8 Å². The standard InChI is InChI=1S/C15H11N5/c16-8-13-14(10-3-5-12(17)6-4-10)15(20-19-13)11-2-1-7-18-9-11/h1-7,9H,17H2,(H,19,20). The number of hydrogen-bond donors (Lipinski definition) is 2. The van der Waals surface area contributed by atoms with Gasteiger partial charge in [-0.15, -0.1) is 0 Å². The number of pyridine rings is 1. The Morgan fingerprint density at radius 2 is 1.90 bits per heavy atom. The van der Waals surface area contributed by atoms with Gasteiger partial charge in [0.05, 0.1) is 0 Å². The zero-order chi connectivity index (χ0) is 13.9. The van der Waals surface area contributed by atoms with E-state index >= 15 is 0 Å². The molecule has 1 aromatic carbocycles. The van der Waals surface area contributed by atoms with Crippen LogP contribution >= 0.6 is 0 Å². The highest BCUT2D eigenvalue weighted by Crippen LogP contribution is 2.32. The molecular formula is C15H11N5. The van der Waals surface area contributed by atoms with Crippen molar-refractivity contribution in [1.82, 2.24) is 15.2 Å². The van der Waals surface area contributed by atoms with Crippen LogP contribution in [-0.4, -0.2) is 15.2 Å². The van der Waals surface area contributed by atoms with Crippen molar-refractivity contribution < 1.29 is 0 Å². The average molecular weight is 261 g/mol. The topological polar surface area (TPSA) is 91.4 Å². The minimum absolute atomic E-state index is 0.425. The average Bonchev–Trinajstić information content (AvgIpc) is 2.93. The van der Waals surface area contributed by atoms with Crippen LogP contribution in [0.4, 0.5) is 5.69 Å². The van der Waals surface area contributed by atoms with E-state index in [1.54, 1.807) is 24.5 Å². The van der Waals surface area contributed by atoms with Crippen molar-refractivity contribution in [2.24, 2.45) is 0 Å². The molecule has 5 nitrogen and oxygen atoms in total. The second kappa shape index (κ2) is 4.86. The van der Waals surface area contributed by atoms with Crippen molar-refractivity contribution in [3.8, 4) is 28.5 Å². The molecule has 2 aromatic heterocycles. The fourth-order valence-electron chi connectivity index (χ4n) is 2.07. The van der Waals surface area contributed by atoms with E-state index in [4.69, 9.17) is 5.73 Å². The first kappa shape index (κ1) is 11.9. The van der Waals surface area contributed by atoms with Crippen molar-refractivity contribution in [3.63, 3.8) is 0 Å². The summed E-state index contributed by atoms with van der Waals surface area (Å²) in [6, 6.07) is 13.2. The van der Waals surface area contributed by atoms with Crippen LogP contribution in [0.3, 0.4) is 0 Å². The van der Waals surface area contributed by atoms with Crippen LogP contribution in [0.1, 0.15) is 5.69 Å². The molecule has 0 radical (unpaired) electrons. The largest absolute Gasteiger partial charge is 0.399 e. The summed E-state index contributed by atoms with van der Waals surface area (Å²) >= 11 is 0. The molecule has 0 unspecified atom stereocenters. The number of nitrogens with one attached hydrogen (secondary N) is 1. The lowest BCUT2D eigenvalue weighted by Crippen LogP contribution is -1.87. The van der Waals surface area contributed by atoms with Crippen molar-refractivity contribution in [1.29, 1.82) is 5.26 Å². The number of rotatable bonds is 2. The Kier molecular flexibility index (Phi) is 2.90. The molecule has 20 heavy (non-hydrogen) atoms. The maximum atomic E-state index is 9.23. The van der Waals surface area contributed by atoms with Crippen molar-refractivity contribution >= 4 is 5.69 Å². The molecule has 96 valence electrons. The summed E-state index contributed by atoms with van der Waals surface area (Å²) in [4.78, 5) is 4.09. The lowest BCUT2D eigenvalue weighted by molar-refractivity contribution is 1.07. The van der Waals surface area contributed by atoms with Gasteiger partial charge in [-0.2, -0.15) is 10.4 Å². The Hall–Kier alpha value is -3.13. The van der Waals surface area contributed by atoms with Crippen LogP contribution in [-0.2, 0) is 0 Å². The Balaban J connectivity index is 2.21. The van der Waals surface area contributed by atoms with Gasteiger partial charge in [-0.3, -0.25) is 10.1 Å². The molecule has 0 amide bonds. The molecule has 5 heteroatoms. The van der Waals surface area contributed by atoms with E-state index < -0.39 is 0 Å². The highest BCUT2D eigenvalue weighted by molar-refractivity contribution is 5.84. The number of anilines is 1. The number of benzene rings is 1. The Bertz CT molecular complexity index is 766. The van der Waals surface area contributed by atoms with Crippen LogP contribution in [0.25, 0.3) is 22.4 Å². The van der Waals surface area contributed by atoms with E-state index in [0.717, 1.165) is 16.7 Å². The van der Waals surface area contributed by atoms with Gasteiger partial charge in [-0.05, 0) is 29.8 Å². The van der Waals surface area contributed by atoms with E-state index in [1.165, 1.54) is 0 Å². The van der Waals surface area contributed by atoms with Crippen LogP contribution in [0.5, 0.6) is 0 Å².